The van der Waals surface area contributed by atoms with Gasteiger partial charge in [0.1, 0.15) is 11.6 Å². The Labute approximate surface area is 229 Å². The van der Waals surface area contributed by atoms with E-state index in [2.05, 4.69) is 15.6 Å². The van der Waals surface area contributed by atoms with E-state index in [1.54, 1.807) is 43.4 Å². The third-order valence-electron chi connectivity index (χ3n) is 6.67. The number of carbonyl (C=O) groups is 2. The molecular formula is C30H26N6O4. The summed E-state index contributed by atoms with van der Waals surface area (Å²) in [5.74, 6) is -0.682. The SMILES string of the molecule is CCn1c(-c2ccc(-c3c(C#N)on(C)c3=O)cc2)cc2cc(C)nc(C(=O)Nc3cccc(C(=O)NC)c3)c21. The van der Waals surface area contributed by atoms with E-state index in [1.165, 1.54) is 7.05 Å². The fourth-order valence-electron chi connectivity index (χ4n) is 4.85. The van der Waals surface area contributed by atoms with Crippen LogP contribution in [0.15, 0.2) is 70.0 Å². The zero-order valence-electron chi connectivity index (χ0n) is 22.4. The number of amides is 2. The highest BCUT2D eigenvalue weighted by Crippen LogP contribution is 2.32. The van der Waals surface area contributed by atoms with E-state index < -0.39 is 5.91 Å². The van der Waals surface area contributed by atoms with Crippen LogP contribution >= 0.6 is 0 Å². The first-order valence-corrected chi connectivity index (χ1v) is 12.6. The summed E-state index contributed by atoms with van der Waals surface area (Å²) in [5.41, 5.74) is 4.69. The molecule has 0 bridgehead atoms. The summed E-state index contributed by atoms with van der Waals surface area (Å²) < 4.78 is 8.28. The fourth-order valence-corrected chi connectivity index (χ4v) is 4.85. The van der Waals surface area contributed by atoms with Crippen LogP contribution in [-0.4, -0.2) is 33.2 Å². The lowest BCUT2D eigenvalue weighted by molar-refractivity contribution is 0.0961. The summed E-state index contributed by atoms with van der Waals surface area (Å²) in [6.45, 7) is 4.39. The number of nitrogens with one attached hydrogen (secondary N) is 2. The average molecular weight is 535 g/mol. The standard InChI is InChI=1S/C30H26N6O4/c1-5-36-23(18-9-11-19(12-10-18)25-24(16-31)40-35(4)30(25)39)15-21-13-17(2)33-26(27(21)36)29(38)34-22-8-6-7-20(14-22)28(37)32-3/h6-15H,5H2,1-4H3,(H,32,37)(H,34,38). The smallest absolute Gasteiger partial charge is 0.291 e. The van der Waals surface area contributed by atoms with Crippen LogP contribution in [0.3, 0.4) is 0 Å². The number of fused-ring (bicyclic) bond motifs is 1. The molecule has 5 rings (SSSR count). The van der Waals surface area contributed by atoms with Crippen molar-refractivity contribution in [3.8, 4) is 28.5 Å². The van der Waals surface area contributed by atoms with Gasteiger partial charge < -0.3 is 19.7 Å². The Balaban J connectivity index is 1.56. The molecule has 0 unspecified atom stereocenters. The van der Waals surface area contributed by atoms with Gasteiger partial charge in [-0.05, 0) is 55.3 Å². The largest absolute Gasteiger partial charge is 0.365 e. The van der Waals surface area contributed by atoms with E-state index in [9.17, 15) is 19.6 Å². The van der Waals surface area contributed by atoms with Crippen molar-refractivity contribution in [1.82, 2.24) is 19.6 Å². The Morgan fingerprint density at radius 2 is 1.77 bits per heavy atom. The quantitative estimate of drug-likeness (QED) is 0.330. The lowest BCUT2D eigenvalue weighted by atomic mass is 10.0. The van der Waals surface area contributed by atoms with Crippen LogP contribution in [0, 0.1) is 18.3 Å². The molecule has 0 aliphatic heterocycles. The van der Waals surface area contributed by atoms with Gasteiger partial charge in [0, 0.05) is 48.7 Å². The molecule has 5 aromatic rings. The summed E-state index contributed by atoms with van der Waals surface area (Å²) in [7, 11) is 3.01. The lowest BCUT2D eigenvalue weighted by Gasteiger charge is -2.12. The van der Waals surface area contributed by atoms with Crippen LogP contribution in [0.4, 0.5) is 5.69 Å². The number of hydrogen-bond donors (Lipinski definition) is 2. The molecule has 0 atom stereocenters. The van der Waals surface area contributed by atoms with Crippen LogP contribution in [0.1, 0.15) is 39.2 Å². The number of aryl methyl sites for hydroxylation is 3. The molecule has 40 heavy (non-hydrogen) atoms. The summed E-state index contributed by atoms with van der Waals surface area (Å²) in [6, 6.07) is 19.9. The van der Waals surface area contributed by atoms with Crippen molar-refractivity contribution in [2.24, 2.45) is 7.05 Å². The molecule has 10 nitrogen and oxygen atoms in total. The van der Waals surface area contributed by atoms with Crippen LogP contribution in [-0.2, 0) is 13.6 Å². The third kappa shape index (κ3) is 4.54. The monoisotopic (exact) mass is 534 g/mol. The minimum atomic E-state index is -0.391. The number of hydrogen-bond acceptors (Lipinski definition) is 6. The molecule has 2 N–H and O–H groups in total. The first-order valence-electron chi connectivity index (χ1n) is 12.6. The Morgan fingerprint density at radius 3 is 2.45 bits per heavy atom. The van der Waals surface area contributed by atoms with Crippen molar-refractivity contribution < 1.29 is 14.1 Å². The molecule has 0 radical (unpaired) electrons. The van der Waals surface area contributed by atoms with Gasteiger partial charge in [-0.3, -0.25) is 14.4 Å². The summed E-state index contributed by atoms with van der Waals surface area (Å²) in [4.78, 5) is 42.6. The first kappa shape index (κ1) is 26.2. The predicted molar refractivity (Wildman–Crippen MR) is 151 cm³/mol. The molecule has 3 heterocycles. The minimum absolute atomic E-state index is 0.0408. The van der Waals surface area contributed by atoms with Crippen molar-refractivity contribution in [2.45, 2.75) is 20.4 Å². The maximum Gasteiger partial charge on any atom is 0.291 e. The molecule has 2 aromatic carbocycles. The second kappa shape index (κ2) is 10.4. The number of nitriles is 1. The molecule has 2 amide bonds. The van der Waals surface area contributed by atoms with Crippen LogP contribution in [0.2, 0.25) is 0 Å². The Kier molecular flexibility index (Phi) is 6.80. The van der Waals surface area contributed by atoms with Crippen molar-refractivity contribution in [3.63, 3.8) is 0 Å². The third-order valence-corrected chi connectivity index (χ3v) is 6.67. The molecule has 200 valence electrons. The lowest BCUT2D eigenvalue weighted by Crippen LogP contribution is -2.19. The molecule has 0 spiro atoms. The van der Waals surface area contributed by atoms with E-state index in [-0.39, 0.29) is 28.5 Å². The van der Waals surface area contributed by atoms with Gasteiger partial charge in [-0.1, -0.05) is 30.3 Å². The van der Waals surface area contributed by atoms with E-state index in [1.807, 2.05) is 48.7 Å². The highest BCUT2D eigenvalue weighted by Gasteiger charge is 2.21. The Bertz CT molecular complexity index is 1890. The number of aromatic nitrogens is 3. The number of carbonyl (C=O) groups excluding carboxylic acids is 2. The van der Waals surface area contributed by atoms with Gasteiger partial charge >= 0.3 is 0 Å². The second-order valence-corrected chi connectivity index (χ2v) is 9.23. The van der Waals surface area contributed by atoms with E-state index in [4.69, 9.17) is 4.52 Å². The molecule has 10 heteroatoms. The molecule has 0 aliphatic rings. The van der Waals surface area contributed by atoms with Crippen LogP contribution in [0.25, 0.3) is 33.3 Å². The zero-order chi connectivity index (χ0) is 28.6. The summed E-state index contributed by atoms with van der Waals surface area (Å²) in [5, 5.41) is 15.7. The Hall–Kier alpha value is -5.43. The number of benzene rings is 2. The molecular weight excluding hydrogens is 508 g/mol. The van der Waals surface area contributed by atoms with Gasteiger partial charge in [-0.15, -0.1) is 0 Å². The molecule has 0 saturated heterocycles. The zero-order valence-corrected chi connectivity index (χ0v) is 22.4. The van der Waals surface area contributed by atoms with Crippen LogP contribution < -0.4 is 16.2 Å². The van der Waals surface area contributed by atoms with Crippen molar-refractivity contribution >= 4 is 28.4 Å². The van der Waals surface area contributed by atoms with Crippen molar-refractivity contribution in [1.29, 1.82) is 5.26 Å². The van der Waals surface area contributed by atoms with Gasteiger partial charge in [0.15, 0.2) is 5.69 Å². The number of nitrogens with zero attached hydrogens (tertiary/aromatic N) is 4. The van der Waals surface area contributed by atoms with E-state index in [0.29, 0.717) is 34.6 Å². The highest BCUT2D eigenvalue weighted by molar-refractivity contribution is 6.12. The second-order valence-electron chi connectivity index (χ2n) is 9.23. The van der Waals surface area contributed by atoms with Gasteiger partial charge in [0.2, 0.25) is 5.76 Å². The molecule has 0 aliphatic carbocycles. The number of rotatable bonds is 6. The number of anilines is 1. The fraction of sp³-hybridized carbons (Fsp3) is 0.167. The van der Waals surface area contributed by atoms with E-state index >= 15 is 0 Å². The normalized spacial score (nSPS) is 10.9. The van der Waals surface area contributed by atoms with Crippen molar-refractivity contribution in [3.05, 3.63) is 93.7 Å². The highest BCUT2D eigenvalue weighted by atomic mass is 16.5. The van der Waals surface area contributed by atoms with E-state index in [0.717, 1.165) is 21.4 Å². The van der Waals surface area contributed by atoms with Gasteiger partial charge in [0.05, 0.1) is 5.52 Å². The summed E-state index contributed by atoms with van der Waals surface area (Å²) >= 11 is 0. The van der Waals surface area contributed by atoms with Gasteiger partial charge in [0.25, 0.3) is 17.4 Å². The van der Waals surface area contributed by atoms with Crippen molar-refractivity contribution in [2.75, 3.05) is 12.4 Å². The maximum atomic E-state index is 13.5. The van der Waals surface area contributed by atoms with Gasteiger partial charge in [-0.2, -0.15) is 10.0 Å². The topological polar surface area (TPSA) is 135 Å². The molecule has 0 saturated carbocycles. The summed E-state index contributed by atoms with van der Waals surface area (Å²) in [6.07, 6.45) is 0. The van der Waals surface area contributed by atoms with Gasteiger partial charge in [-0.25, -0.2) is 4.98 Å². The number of pyridine rings is 1. The first-order chi connectivity index (χ1) is 19.2. The minimum Gasteiger partial charge on any atom is -0.365 e. The maximum absolute atomic E-state index is 13.5. The molecule has 0 fully saturated rings. The predicted octanol–water partition coefficient (Wildman–Crippen LogP) is 4.47. The molecule has 3 aromatic heterocycles. The average Bonchev–Trinajstić information content (AvgIpc) is 3.48. The Morgan fingerprint density at radius 1 is 1.05 bits per heavy atom. The van der Waals surface area contributed by atoms with Crippen LogP contribution in [0.5, 0.6) is 0 Å².